The number of para-hydroxylation sites is 2. The number of fused-ring (bicyclic) bond motifs is 6. The SMILES string of the molecule is N#Cc1ccc(-n2c3ccccc3c3cc(-c4cccc(-c5ccc(-c6cccc(-c7nc(-c8ccccc8)cc(-c8ccccc8)n7)c6)c6oc7ccccc7c56)c4)ccc32)cc1. The highest BCUT2D eigenvalue weighted by Gasteiger charge is 2.20. The number of furan rings is 1. The predicted molar refractivity (Wildman–Crippen MR) is 261 cm³/mol. The van der Waals surface area contributed by atoms with Crippen LogP contribution < -0.4 is 0 Å². The van der Waals surface area contributed by atoms with E-state index >= 15 is 0 Å². The fraction of sp³-hybridized carbons (Fsp3) is 0. The third-order valence-electron chi connectivity index (χ3n) is 12.3. The van der Waals surface area contributed by atoms with Crippen molar-refractivity contribution in [2.75, 3.05) is 0 Å². The average molecular weight is 817 g/mol. The molecule has 0 fully saturated rings. The lowest BCUT2D eigenvalue weighted by Crippen LogP contribution is -1.96. The lowest BCUT2D eigenvalue weighted by atomic mass is 9.92. The van der Waals surface area contributed by atoms with Crippen molar-refractivity contribution in [2.24, 2.45) is 0 Å². The molecule has 12 aromatic rings. The van der Waals surface area contributed by atoms with Gasteiger partial charge < -0.3 is 8.98 Å². The van der Waals surface area contributed by atoms with Gasteiger partial charge in [0.15, 0.2) is 5.82 Å². The molecule has 0 spiro atoms. The largest absolute Gasteiger partial charge is 0.455 e. The highest BCUT2D eigenvalue weighted by Crippen LogP contribution is 2.43. The molecule has 3 heterocycles. The van der Waals surface area contributed by atoms with Crippen molar-refractivity contribution in [1.82, 2.24) is 14.5 Å². The van der Waals surface area contributed by atoms with E-state index in [9.17, 15) is 5.26 Å². The van der Waals surface area contributed by atoms with Crippen molar-refractivity contribution in [2.45, 2.75) is 0 Å². The molecule has 0 saturated carbocycles. The molecule has 0 saturated heterocycles. The molecule has 0 amide bonds. The Bertz CT molecular complexity index is 3730. The molecule has 298 valence electrons. The summed E-state index contributed by atoms with van der Waals surface area (Å²) >= 11 is 0. The minimum Gasteiger partial charge on any atom is -0.455 e. The highest BCUT2D eigenvalue weighted by molar-refractivity contribution is 6.16. The Morgan fingerprint density at radius 3 is 1.70 bits per heavy atom. The van der Waals surface area contributed by atoms with Gasteiger partial charge in [-0.25, -0.2) is 9.97 Å². The fourth-order valence-corrected chi connectivity index (χ4v) is 9.19. The molecule has 5 heteroatoms. The second-order valence-corrected chi connectivity index (χ2v) is 16.1. The van der Waals surface area contributed by atoms with Crippen LogP contribution in [0.2, 0.25) is 0 Å². The molecule has 0 atom stereocenters. The number of benzene rings is 9. The van der Waals surface area contributed by atoms with E-state index < -0.39 is 0 Å². The zero-order valence-electron chi connectivity index (χ0n) is 34.5. The van der Waals surface area contributed by atoms with E-state index in [1.54, 1.807) is 0 Å². The Morgan fingerprint density at radius 2 is 0.969 bits per heavy atom. The second-order valence-electron chi connectivity index (χ2n) is 16.1. The van der Waals surface area contributed by atoms with E-state index in [4.69, 9.17) is 14.4 Å². The fourth-order valence-electron chi connectivity index (χ4n) is 9.19. The Kier molecular flexibility index (Phi) is 8.81. The van der Waals surface area contributed by atoms with Crippen molar-refractivity contribution < 1.29 is 4.42 Å². The number of nitrogens with zero attached hydrogens (tertiary/aromatic N) is 4. The van der Waals surface area contributed by atoms with Crippen molar-refractivity contribution in [3.8, 4) is 79.0 Å². The average Bonchev–Trinajstić information content (AvgIpc) is 3.93. The molecule has 64 heavy (non-hydrogen) atoms. The van der Waals surface area contributed by atoms with Crippen molar-refractivity contribution >= 4 is 43.7 Å². The van der Waals surface area contributed by atoms with Gasteiger partial charge in [0.05, 0.1) is 34.1 Å². The van der Waals surface area contributed by atoms with Gasteiger partial charge in [0.25, 0.3) is 0 Å². The van der Waals surface area contributed by atoms with Gasteiger partial charge in [0.2, 0.25) is 0 Å². The first-order valence-electron chi connectivity index (χ1n) is 21.4. The van der Waals surface area contributed by atoms with Crippen LogP contribution in [0.15, 0.2) is 223 Å². The van der Waals surface area contributed by atoms with Crippen LogP contribution in [0.4, 0.5) is 0 Å². The summed E-state index contributed by atoms with van der Waals surface area (Å²) in [4.78, 5) is 10.3. The third-order valence-corrected chi connectivity index (χ3v) is 12.3. The highest BCUT2D eigenvalue weighted by atomic mass is 16.3. The normalized spacial score (nSPS) is 11.4. The lowest BCUT2D eigenvalue weighted by molar-refractivity contribution is 0.670. The maximum absolute atomic E-state index is 9.43. The van der Waals surface area contributed by atoms with Crippen LogP contribution in [0.3, 0.4) is 0 Å². The van der Waals surface area contributed by atoms with Crippen molar-refractivity contribution in [3.63, 3.8) is 0 Å². The van der Waals surface area contributed by atoms with E-state index in [0.29, 0.717) is 11.4 Å². The van der Waals surface area contributed by atoms with Crippen LogP contribution in [-0.4, -0.2) is 14.5 Å². The molecule has 0 radical (unpaired) electrons. The molecule has 0 unspecified atom stereocenters. The van der Waals surface area contributed by atoms with Crippen LogP contribution in [0, 0.1) is 11.3 Å². The molecular weight excluding hydrogens is 781 g/mol. The van der Waals surface area contributed by atoms with Crippen molar-refractivity contribution in [3.05, 3.63) is 224 Å². The molecular formula is C59H36N4O. The summed E-state index contributed by atoms with van der Waals surface area (Å²) in [6.45, 7) is 0. The Balaban J connectivity index is 0.968. The van der Waals surface area contributed by atoms with Gasteiger partial charge in [-0.2, -0.15) is 5.26 Å². The summed E-state index contributed by atoms with van der Waals surface area (Å²) in [5.41, 5.74) is 16.8. The topological polar surface area (TPSA) is 67.6 Å². The smallest absolute Gasteiger partial charge is 0.160 e. The van der Waals surface area contributed by atoms with Gasteiger partial charge in [-0.05, 0) is 101 Å². The number of nitriles is 1. The molecule has 12 rings (SSSR count). The Labute approximate surface area is 369 Å². The maximum Gasteiger partial charge on any atom is 0.160 e. The lowest BCUT2D eigenvalue weighted by Gasteiger charge is -2.12. The molecule has 0 aliphatic heterocycles. The molecule has 9 aromatic carbocycles. The summed E-state index contributed by atoms with van der Waals surface area (Å²) in [6, 6.07) is 77.9. The molecule has 0 bridgehead atoms. The molecule has 0 N–H and O–H groups in total. The summed E-state index contributed by atoms with van der Waals surface area (Å²) < 4.78 is 9.08. The van der Waals surface area contributed by atoms with E-state index in [1.807, 2.05) is 72.8 Å². The molecule has 0 aliphatic carbocycles. The van der Waals surface area contributed by atoms with E-state index in [0.717, 1.165) is 100 Å². The Morgan fingerprint density at radius 1 is 0.406 bits per heavy atom. The van der Waals surface area contributed by atoms with Crippen LogP contribution in [-0.2, 0) is 0 Å². The number of hydrogen-bond donors (Lipinski definition) is 0. The molecule has 3 aromatic heterocycles. The summed E-state index contributed by atoms with van der Waals surface area (Å²) in [5, 5.41) is 13.9. The standard InChI is InChI=1S/C59H36N4O/c60-37-38-25-28-46(29-26-38)63-54-23-9-7-21-49(54)51-35-42(27-32-55(51)63)41-17-11-18-43(33-41)47-30-31-48(58-57(47)50-22-8-10-24-56(50)64-58)44-19-12-20-45(34-44)59-61-52(39-13-3-1-4-14-39)36-53(62-59)40-15-5-2-6-16-40/h1-36H. The maximum atomic E-state index is 9.43. The Hall–Kier alpha value is -8.85. The predicted octanol–water partition coefficient (Wildman–Crippen LogP) is 15.3. The second kappa shape index (κ2) is 15.3. The van der Waals surface area contributed by atoms with Gasteiger partial charge in [-0.3, -0.25) is 0 Å². The number of hydrogen-bond acceptors (Lipinski definition) is 4. The van der Waals surface area contributed by atoms with Gasteiger partial charge in [-0.1, -0.05) is 146 Å². The first-order chi connectivity index (χ1) is 31.7. The van der Waals surface area contributed by atoms with Crippen LogP contribution in [0.25, 0.3) is 117 Å². The van der Waals surface area contributed by atoms with E-state index in [-0.39, 0.29) is 0 Å². The first kappa shape index (κ1) is 37.0. The number of aromatic nitrogens is 3. The molecule has 0 aliphatic rings. The van der Waals surface area contributed by atoms with E-state index in [1.165, 1.54) is 10.8 Å². The molecule has 5 nitrogen and oxygen atoms in total. The minimum absolute atomic E-state index is 0.644. The van der Waals surface area contributed by atoms with Gasteiger partial charge in [0.1, 0.15) is 11.2 Å². The number of rotatable bonds is 7. The van der Waals surface area contributed by atoms with Crippen LogP contribution in [0.5, 0.6) is 0 Å². The van der Waals surface area contributed by atoms with E-state index in [2.05, 4.69) is 156 Å². The van der Waals surface area contributed by atoms with Gasteiger partial charge >= 0.3 is 0 Å². The first-order valence-corrected chi connectivity index (χ1v) is 21.4. The van der Waals surface area contributed by atoms with Crippen LogP contribution in [0.1, 0.15) is 5.56 Å². The van der Waals surface area contributed by atoms with Gasteiger partial charge in [-0.15, -0.1) is 0 Å². The zero-order chi connectivity index (χ0) is 42.6. The summed E-state index contributed by atoms with van der Waals surface area (Å²) in [5.74, 6) is 0.661. The summed E-state index contributed by atoms with van der Waals surface area (Å²) in [6.07, 6.45) is 0. The van der Waals surface area contributed by atoms with Crippen molar-refractivity contribution in [1.29, 1.82) is 5.26 Å². The zero-order valence-corrected chi connectivity index (χ0v) is 34.5. The van der Waals surface area contributed by atoms with Crippen LogP contribution >= 0.6 is 0 Å². The third kappa shape index (κ3) is 6.33. The summed E-state index contributed by atoms with van der Waals surface area (Å²) in [7, 11) is 0. The van der Waals surface area contributed by atoms with Gasteiger partial charge in [0, 0.05) is 49.5 Å². The minimum atomic E-state index is 0.644. The quantitative estimate of drug-likeness (QED) is 0.161. The monoisotopic (exact) mass is 816 g/mol.